The molecule has 1 aliphatic heterocycles. The number of nitrogens with two attached hydrogens (primary N) is 1. The van der Waals surface area contributed by atoms with E-state index in [-0.39, 0.29) is 23.8 Å². The largest absolute Gasteiger partial charge is 0.379 e. The van der Waals surface area contributed by atoms with E-state index in [0.29, 0.717) is 26.4 Å². The van der Waals surface area contributed by atoms with Crippen molar-refractivity contribution in [3.05, 3.63) is 34.9 Å². The molecule has 1 aromatic carbocycles. The molecule has 2 unspecified atom stereocenters. The number of benzene rings is 1. The number of rotatable bonds is 15. The first kappa shape index (κ1) is 26.1. The predicted octanol–water partition coefficient (Wildman–Crippen LogP) is 5.05. The van der Waals surface area contributed by atoms with E-state index in [2.05, 4.69) is 20.8 Å². The Morgan fingerprint density at radius 3 is 2.10 bits per heavy atom. The summed E-state index contributed by atoms with van der Waals surface area (Å²) in [5, 5.41) is 0. The maximum Gasteiger partial charge on any atom is 0.132 e. The molecule has 178 valence electrons. The highest BCUT2D eigenvalue weighted by Gasteiger charge is 2.47. The third kappa shape index (κ3) is 7.46. The quantitative estimate of drug-likeness (QED) is 0.384. The first-order valence-electron chi connectivity index (χ1n) is 11.7. The number of halogens is 2. The van der Waals surface area contributed by atoms with Crippen LogP contribution in [0, 0.1) is 11.6 Å². The van der Waals surface area contributed by atoms with Crippen molar-refractivity contribution in [2.24, 2.45) is 5.73 Å². The predicted molar refractivity (Wildman–Crippen MR) is 117 cm³/mol. The van der Waals surface area contributed by atoms with Crippen LogP contribution in [0.15, 0.2) is 12.1 Å². The zero-order valence-corrected chi connectivity index (χ0v) is 19.2. The molecule has 7 heteroatoms. The highest BCUT2D eigenvalue weighted by Crippen LogP contribution is 2.39. The summed E-state index contributed by atoms with van der Waals surface area (Å²) in [7, 11) is 0. The van der Waals surface area contributed by atoms with Crippen molar-refractivity contribution < 1.29 is 27.7 Å². The van der Waals surface area contributed by atoms with Gasteiger partial charge in [-0.15, -0.1) is 0 Å². The van der Waals surface area contributed by atoms with Gasteiger partial charge < -0.3 is 24.7 Å². The molecule has 0 aliphatic carbocycles. The van der Waals surface area contributed by atoms with E-state index in [9.17, 15) is 8.78 Å². The summed E-state index contributed by atoms with van der Waals surface area (Å²) < 4.78 is 53.2. The summed E-state index contributed by atoms with van der Waals surface area (Å²) in [6.07, 6.45) is 3.76. The first-order chi connectivity index (χ1) is 15.1. The van der Waals surface area contributed by atoms with Gasteiger partial charge in [0.2, 0.25) is 0 Å². The minimum Gasteiger partial charge on any atom is -0.379 e. The molecule has 1 heterocycles. The van der Waals surface area contributed by atoms with Crippen molar-refractivity contribution in [2.45, 2.75) is 90.3 Å². The molecule has 1 aliphatic rings. The van der Waals surface area contributed by atoms with Crippen LogP contribution in [0.25, 0.3) is 0 Å². The Hall–Kier alpha value is -1.12. The van der Waals surface area contributed by atoms with Gasteiger partial charge in [0, 0.05) is 43.6 Å². The molecule has 0 bridgehead atoms. The van der Waals surface area contributed by atoms with Gasteiger partial charge in [0.05, 0.1) is 6.61 Å². The average molecular weight is 444 g/mol. The fourth-order valence-corrected chi connectivity index (χ4v) is 3.66. The Labute approximate surface area is 185 Å². The van der Waals surface area contributed by atoms with Gasteiger partial charge in [0.25, 0.3) is 0 Å². The molecule has 0 aromatic heterocycles. The number of hydrogen-bond acceptors (Lipinski definition) is 5. The standard InChI is InChI=1S/C24H39F2NO4/c1-4-7-10-28-16-21-23(29-11-8-5-2)24(30-12-9-6-3)22(31-21)18-13-17(15-27)19(25)14-20(18)26/h13-14,21-24H,4-12,15-16,27H2,1-3H3/t21-,22+,23?,24?/m1/s1. The fourth-order valence-electron chi connectivity index (χ4n) is 3.66. The minimum atomic E-state index is -0.714. The second-order valence-electron chi connectivity index (χ2n) is 8.07. The summed E-state index contributed by atoms with van der Waals surface area (Å²) in [5.41, 5.74) is 6.15. The topological polar surface area (TPSA) is 62.9 Å². The average Bonchev–Trinajstić information content (AvgIpc) is 3.09. The van der Waals surface area contributed by atoms with E-state index in [4.69, 9.17) is 24.7 Å². The monoisotopic (exact) mass is 443 g/mol. The van der Waals surface area contributed by atoms with Crippen molar-refractivity contribution in [1.82, 2.24) is 0 Å². The normalized spacial score (nSPS) is 23.5. The fraction of sp³-hybridized carbons (Fsp3) is 0.750. The van der Waals surface area contributed by atoms with Crippen LogP contribution in [0.3, 0.4) is 0 Å². The van der Waals surface area contributed by atoms with Crippen LogP contribution in [0.2, 0.25) is 0 Å². The highest BCUT2D eigenvalue weighted by atomic mass is 19.1. The summed E-state index contributed by atoms with van der Waals surface area (Å²) >= 11 is 0. The van der Waals surface area contributed by atoms with Gasteiger partial charge in [0.15, 0.2) is 0 Å². The van der Waals surface area contributed by atoms with Gasteiger partial charge in [-0.2, -0.15) is 0 Å². The molecule has 0 spiro atoms. The molecule has 0 amide bonds. The van der Waals surface area contributed by atoms with Crippen LogP contribution in [0.5, 0.6) is 0 Å². The van der Waals surface area contributed by atoms with E-state index in [1.54, 1.807) is 0 Å². The summed E-state index contributed by atoms with van der Waals surface area (Å²) in [5.74, 6) is -1.32. The van der Waals surface area contributed by atoms with Crippen LogP contribution < -0.4 is 5.73 Å². The van der Waals surface area contributed by atoms with Gasteiger partial charge in [-0.1, -0.05) is 40.0 Å². The lowest BCUT2D eigenvalue weighted by Gasteiger charge is -2.25. The first-order valence-corrected chi connectivity index (χ1v) is 11.7. The molecular weight excluding hydrogens is 404 g/mol. The Morgan fingerprint density at radius 1 is 0.871 bits per heavy atom. The van der Waals surface area contributed by atoms with E-state index in [1.807, 2.05) is 0 Å². The molecule has 0 radical (unpaired) electrons. The van der Waals surface area contributed by atoms with Crippen molar-refractivity contribution in [3.63, 3.8) is 0 Å². The lowest BCUT2D eigenvalue weighted by Crippen LogP contribution is -2.38. The second kappa shape index (κ2) is 14.1. The lowest BCUT2D eigenvalue weighted by atomic mass is 9.98. The Bertz CT molecular complexity index is 646. The smallest absolute Gasteiger partial charge is 0.132 e. The number of hydrogen-bond donors (Lipinski definition) is 1. The third-order valence-electron chi connectivity index (χ3n) is 5.54. The molecule has 1 fully saturated rings. The zero-order valence-electron chi connectivity index (χ0n) is 19.2. The van der Waals surface area contributed by atoms with Gasteiger partial charge in [0.1, 0.15) is 36.1 Å². The van der Waals surface area contributed by atoms with Crippen LogP contribution in [-0.4, -0.2) is 44.7 Å². The molecule has 4 atom stereocenters. The van der Waals surface area contributed by atoms with E-state index in [0.717, 1.165) is 44.6 Å². The Balaban J connectivity index is 2.29. The SMILES string of the molecule is CCCCOC[C@H]1O[C@@H](c2cc(CN)c(F)cc2F)C(OCCCC)C1OCCCC. The molecule has 1 saturated heterocycles. The van der Waals surface area contributed by atoms with Gasteiger partial charge in [-0.25, -0.2) is 8.78 Å². The summed E-state index contributed by atoms with van der Waals surface area (Å²) in [4.78, 5) is 0. The molecule has 2 rings (SSSR count). The molecule has 31 heavy (non-hydrogen) atoms. The van der Waals surface area contributed by atoms with Crippen LogP contribution in [0.4, 0.5) is 8.78 Å². The van der Waals surface area contributed by atoms with Gasteiger partial charge in [-0.05, 0) is 25.3 Å². The number of unbranched alkanes of at least 4 members (excludes halogenated alkanes) is 3. The van der Waals surface area contributed by atoms with Crippen LogP contribution >= 0.6 is 0 Å². The molecule has 1 aromatic rings. The Kier molecular flexibility index (Phi) is 11.9. The lowest BCUT2D eigenvalue weighted by molar-refractivity contribution is -0.0795. The van der Waals surface area contributed by atoms with Gasteiger partial charge >= 0.3 is 0 Å². The van der Waals surface area contributed by atoms with Crippen molar-refractivity contribution in [3.8, 4) is 0 Å². The van der Waals surface area contributed by atoms with E-state index < -0.39 is 29.9 Å². The Morgan fingerprint density at radius 2 is 1.48 bits per heavy atom. The van der Waals surface area contributed by atoms with Crippen LogP contribution in [0.1, 0.15) is 76.5 Å². The second-order valence-corrected chi connectivity index (χ2v) is 8.07. The zero-order chi connectivity index (χ0) is 22.6. The summed E-state index contributed by atoms with van der Waals surface area (Å²) in [6, 6.07) is 2.33. The third-order valence-corrected chi connectivity index (χ3v) is 5.54. The molecular formula is C24H39F2NO4. The van der Waals surface area contributed by atoms with E-state index in [1.165, 1.54) is 6.07 Å². The number of ether oxygens (including phenoxy) is 4. The van der Waals surface area contributed by atoms with Crippen molar-refractivity contribution >= 4 is 0 Å². The van der Waals surface area contributed by atoms with Crippen molar-refractivity contribution in [2.75, 3.05) is 26.4 Å². The van der Waals surface area contributed by atoms with E-state index >= 15 is 0 Å². The van der Waals surface area contributed by atoms with Crippen LogP contribution in [-0.2, 0) is 25.5 Å². The van der Waals surface area contributed by atoms with Crippen molar-refractivity contribution in [1.29, 1.82) is 0 Å². The van der Waals surface area contributed by atoms with Gasteiger partial charge in [-0.3, -0.25) is 0 Å². The summed E-state index contributed by atoms with van der Waals surface area (Å²) in [6.45, 7) is 8.32. The molecule has 0 saturated carbocycles. The molecule has 2 N–H and O–H groups in total. The maximum absolute atomic E-state index is 14.8. The highest BCUT2D eigenvalue weighted by molar-refractivity contribution is 5.30. The minimum absolute atomic E-state index is 0.0207. The molecule has 5 nitrogen and oxygen atoms in total. The maximum atomic E-state index is 14.8.